The van der Waals surface area contributed by atoms with Crippen molar-refractivity contribution in [2.45, 2.75) is 18.9 Å². The molecule has 0 radical (unpaired) electrons. The molecule has 2 rings (SSSR count). The molecule has 0 aromatic heterocycles. The molecule has 0 aliphatic heterocycles. The van der Waals surface area contributed by atoms with Crippen LogP contribution in [0.1, 0.15) is 34.8 Å². The molecule has 6 nitrogen and oxygen atoms in total. The third-order valence-corrected chi connectivity index (χ3v) is 3.80. The van der Waals surface area contributed by atoms with E-state index in [-0.39, 0.29) is 18.7 Å². The summed E-state index contributed by atoms with van der Waals surface area (Å²) in [5, 5.41) is 11.9. The largest absolute Gasteiger partial charge is 0.493 e. The number of nitrogens with one attached hydrogen (secondary N) is 1. The minimum absolute atomic E-state index is 0.0465. The molecule has 0 spiro atoms. The molecule has 1 atom stereocenters. The molecule has 6 heteroatoms. The lowest BCUT2D eigenvalue weighted by atomic mass is 10.0. The maximum Gasteiger partial charge on any atom is 0.303 e. The van der Waals surface area contributed by atoms with Crippen LogP contribution in [0.25, 0.3) is 0 Å². The van der Waals surface area contributed by atoms with Gasteiger partial charge in [-0.3, -0.25) is 9.59 Å². The molecule has 25 heavy (non-hydrogen) atoms. The van der Waals surface area contributed by atoms with Crippen LogP contribution in [0.3, 0.4) is 0 Å². The van der Waals surface area contributed by atoms with Crippen molar-refractivity contribution in [2.75, 3.05) is 14.2 Å². The van der Waals surface area contributed by atoms with Gasteiger partial charge in [-0.15, -0.1) is 0 Å². The molecule has 0 saturated carbocycles. The van der Waals surface area contributed by atoms with Gasteiger partial charge in [0, 0.05) is 6.42 Å². The van der Waals surface area contributed by atoms with E-state index in [1.807, 2.05) is 30.3 Å². The number of methoxy groups -OCH3 is 2. The molecule has 0 aliphatic rings. The quantitative estimate of drug-likeness (QED) is 0.769. The van der Waals surface area contributed by atoms with Crippen LogP contribution >= 0.6 is 0 Å². The molecular weight excluding hydrogens is 322 g/mol. The van der Waals surface area contributed by atoms with Crippen molar-refractivity contribution in [1.29, 1.82) is 0 Å². The Labute approximate surface area is 146 Å². The Hall–Kier alpha value is -3.02. The summed E-state index contributed by atoms with van der Waals surface area (Å²) >= 11 is 0. The molecule has 0 saturated heterocycles. The number of amides is 1. The van der Waals surface area contributed by atoms with Gasteiger partial charge in [-0.05, 0) is 24.1 Å². The molecule has 132 valence electrons. The van der Waals surface area contributed by atoms with Crippen molar-refractivity contribution < 1.29 is 24.2 Å². The van der Waals surface area contributed by atoms with Gasteiger partial charge >= 0.3 is 5.97 Å². The Bertz CT molecular complexity index is 730. The molecule has 0 aliphatic carbocycles. The topological polar surface area (TPSA) is 84.9 Å². The molecule has 2 aromatic rings. The Balaban J connectivity index is 2.26. The van der Waals surface area contributed by atoms with E-state index in [2.05, 4.69) is 5.32 Å². The lowest BCUT2D eigenvalue weighted by Crippen LogP contribution is -2.29. The Kier molecular flexibility index (Phi) is 6.39. The molecule has 2 aromatic carbocycles. The van der Waals surface area contributed by atoms with E-state index < -0.39 is 12.0 Å². The highest BCUT2D eigenvalue weighted by Crippen LogP contribution is 2.31. The fraction of sp³-hybridized carbons (Fsp3) is 0.263. The third kappa shape index (κ3) is 4.73. The standard InChI is InChI=1S/C19H21NO5/c1-24-16-10-6-9-14(18(16)25-2)19(23)20-15(11-12-17(21)22)13-7-4-3-5-8-13/h3-10,15H,11-12H2,1-2H3,(H,20,23)(H,21,22). The molecule has 0 fully saturated rings. The zero-order valence-corrected chi connectivity index (χ0v) is 14.2. The van der Waals surface area contributed by atoms with Crippen molar-refractivity contribution in [3.05, 3.63) is 59.7 Å². The van der Waals surface area contributed by atoms with Crippen LogP contribution in [0.5, 0.6) is 11.5 Å². The van der Waals surface area contributed by atoms with Crippen molar-refractivity contribution >= 4 is 11.9 Å². The fourth-order valence-corrected chi connectivity index (χ4v) is 2.58. The number of carbonyl (C=O) groups excluding carboxylic acids is 1. The number of aliphatic carboxylic acids is 1. The lowest BCUT2D eigenvalue weighted by Gasteiger charge is -2.20. The fourth-order valence-electron chi connectivity index (χ4n) is 2.58. The van der Waals surface area contributed by atoms with Crippen molar-refractivity contribution in [3.8, 4) is 11.5 Å². The van der Waals surface area contributed by atoms with Gasteiger partial charge in [0.2, 0.25) is 0 Å². The number of hydrogen-bond donors (Lipinski definition) is 2. The first-order valence-corrected chi connectivity index (χ1v) is 7.85. The normalized spacial score (nSPS) is 11.4. The van der Waals surface area contributed by atoms with E-state index >= 15 is 0 Å². The molecule has 1 unspecified atom stereocenters. The Morgan fingerprint density at radius 1 is 1.04 bits per heavy atom. The maximum atomic E-state index is 12.7. The predicted molar refractivity (Wildman–Crippen MR) is 93.1 cm³/mol. The Morgan fingerprint density at radius 3 is 2.36 bits per heavy atom. The summed E-state index contributed by atoms with van der Waals surface area (Å²) in [6.07, 6.45) is 0.243. The number of ether oxygens (including phenoxy) is 2. The monoisotopic (exact) mass is 343 g/mol. The predicted octanol–water partition coefficient (Wildman–Crippen LogP) is 3.04. The summed E-state index contributed by atoms with van der Waals surface area (Å²) in [6.45, 7) is 0. The minimum atomic E-state index is -0.908. The first-order valence-electron chi connectivity index (χ1n) is 7.85. The van der Waals surface area contributed by atoms with E-state index in [0.717, 1.165) is 5.56 Å². The Morgan fingerprint density at radius 2 is 1.76 bits per heavy atom. The smallest absolute Gasteiger partial charge is 0.303 e. The summed E-state index contributed by atoms with van der Waals surface area (Å²) in [4.78, 5) is 23.7. The van der Waals surface area contributed by atoms with Crippen LogP contribution in [0.4, 0.5) is 0 Å². The van der Waals surface area contributed by atoms with Gasteiger partial charge < -0.3 is 19.9 Å². The van der Waals surface area contributed by atoms with Gasteiger partial charge in [-0.2, -0.15) is 0 Å². The van der Waals surface area contributed by atoms with E-state index in [9.17, 15) is 9.59 Å². The second-order valence-electron chi connectivity index (χ2n) is 5.41. The summed E-state index contributed by atoms with van der Waals surface area (Å²) in [6, 6.07) is 13.9. The third-order valence-electron chi connectivity index (χ3n) is 3.80. The highest BCUT2D eigenvalue weighted by Gasteiger charge is 2.21. The van der Waals surface area contributed by atoms with Crippen molar-refractivity contribution in [2.24, 2.45) is 0 Å². The number of carboxylic acids is 1. The molecule has 2 N–H and O–H groups in total. The first kappa shape index (κ1) is 18.3. The average Bonchev–Trinajstić information content (AvgIpc) is 2.64. The summed E-state index contributed by atoms with van der Waals surface area (Å²) < 4.78 is 10.5. The van der Waals surface area contributed by atoms with Gasteiger partial charge in [0.05, 0.1) is 25.8 Å². The van der Waals surface area contributed by atoms with E-state index in [1.54, 1.807) is 18.2 Å². The van der Waals surface area contributed by atoms with Crippen LogP contribution in [0.2, 0.25) is 0 Å². The highest BCUT2D eigenvalue weighted by molar-refractivity contribution is 5.98. The number of carbonyl (C=O) groups is 2. The van der Waals surface area contributed by atoms with Crippen molar-refractivity contribution in [3.63, 3.8) is 0 Å². The number of hydrogen-bond acceptors (Lipinski definition) is 4. The van der Waals surface area contributed by atoms with Gasteiger partial charge in [-0.1, -0.05) is 36.4 Å². The van der Waals surface area contributed by atoms with E-state index in [4.69, 9.17) is 14.6 Å². The van der Waals surface area contributed by atoms with Gasteiger partial charge in [-0.25, -0.2) is 0 Å². The van der Waals surface area contributed by atoms with Gasteiger partial charge in [0.25, 0.3) is 5.91 Å². The van der Waals surface area contributed by atoms with Crippen LogP contribution in [0, 0.1) is 0 Å². The van der Waals surface area contributed by atoms with Crippen molar-refractivity contribution in [1.82, 2.24) is 5.32 Å². The van der Waals surface area contributed by atoms with E-state index in [0.29, 0.717) is 17.1 Å². The van der Waals surface area contributed by atoms with Gasteiger partial charge in [0.15, 0.2) is 11.5 Å². The second kappa shape index (κ2) is 8.73. The van der Waals surface area contributed by atoms with E-state index in [1.165, 1.54) is 14.2 Å². The first-order chi connectivity index (χ1) is 12.1. The number of rotatable bonds is 8. The number of para-hydroxylation sites is 1. The molecule has 1 amide bonds. The zero-order chi connectivity index (χ0) is 18.2. The molecular formula is C19H21NO5. The van der Waals surface area contributed by atoms with Crippen LogP contribution in [-0.4, -0.2) is 31.2 Å². The lowest BCUT2D eigenvalue weighted by molar-refractivity contribution is -0.137. The highest BCUT2D eigenvalue weighted by atomic mass is 16.5. The van der Waals surface area contributed by atoms with Crippen LogP contribution in [0.15, 0.2) is 48.5 Å². The van der Waals surface area contributed by atoms with Crippen LogP contribution in [-0.2, 0) is 4.79 Å². The second-order valence-corrected chi connectivity index (χ2v) is 5.41. The SMILES string of the molecule is COc1cccc(C(=O)NC(CCC(=O)O)c2ccccc2)c1OC. The summed E-state index contributed by atoms with van der Waals surface area (Å²) in [5.41, 5.74) is 1.18. The molecule has 0 bridgehead atoms. The van der Waals surface area contributed by atoms with Gasteiger partial charge in [0.1, 0.15) is 0 Å². The molecule has 0 heterocycles. The maximum absolute atomic E-state index is 12.7. The number of carboxylic acid groups (broad SMARTS) is 1. The summed E-state index contributed by atoms with van der Waals surface area (Å²) in [5.74, 6) is -0.464. The average molecular weight is 343 g/mol. The van der Waals surface area contributed by atoms with Crippen LogP contribution < -0.4 is 14.8 Å². The zero-order valence-electron chi connectivity index (χ0n) is 14.2. The summed E-state index contributed by atoms with van der Waals surface area (Å²) in [7, 11) is 2.97. The number of benzene rings is 2. The minimum Gasteiger partial charge on any atom is -0.493 e.